The maximum absolute atomic E-state index is 6.46. The third-order valence-corrected chi connectivity index (χ3v) is 3.75. The van der Waals surface area contributed by atoms with Crippen LogP contribution < -0.4 is 4.74 Å². The Morgan fingerprint density at radius 1 is 1.12 bits per heavy atom. The van der Waals surface area contributed by atoms with Gasteiger partial charge in [0.25, 0.3) is 0 Å². The van der Waals surface area contributed by atoms with Crippen molar-refractivity contribution in [2.24, 2.45) is 0 Å². The highest BCUT2D eigenvalue weighted by atomic mass is 79.9. The van der Waals surface area contributed by atoms with E-state index in [1.54, 1.807) is 7.11 Å². The summed E-state index contributed by atoms with van der Waals surface area (Å²) in [6.07, 6.45) is 0. The second-order valence-corrected chi connectivity index (χ2v) is 4.95. The highest BCUT2D eigenvalue weighted by Gasteiger charge is 2.13. The molecule has 0 saturated carbocycles. The van der Waals surface area contributed by atoms with E-state index in [1.165, 1.54) is 0 Å². The Hall–Kier alpha value is -0.990. The molecule has 0 aliphatic rings. The first kappa shape index (κ1) is 12.5. The molecule has 2 aromatic carbocycles. The molecule has 3 heteroatoms. The second kappa shape index (κ2) is 5.56. The maximum Gasteiger partial charge on any atom is 0.120 e. The molecule has 1 atom stereocenters. The molecule has 0 N–H and O–H groups in total. The second-order valence-electron chi connectivity index (χ2n) is 3.66. The Bertz CT molecular complexity index is 499. The van der Waals surface area contributed by atoms with Crippen molar-refractivity contribution < 1.29 is 4.74 Å². The number of ether oxygens (including phenoxy) is 1. The van der Waals surface area contributed by atoms with Crippen molar-refractivity contribution in [3.63, 3.8) is 0 Å². The average molecular weight is 312 g/mol. The molecule has 17 heavy (non-hydrogen) atoms. The summed E-state index contributed by atoms with van der Waals surface area (Å²) in [7, 11) is 1.65. The third-order valence-electron chi connectivity index (χ3n) is 2.57. The monoisotopic (exact) mass is 310 g/mol. The summed E-state index contributed by atoms with van der Waals surface area (Å²) in [5.41, 5.74) is 2.12. The molecule has 0 aliphatic heterocycles. The number of alkyl halides is 1. The zero-order valence-electron chi connectivity index (χ0n) is 9.36. The molecule has 1 nitrogen and oxygen atoms in total. The molecular formula is C14H12BrClO. The van der Waals surface area contributed by atoms with Gasteiger partial charge >= 0.3 is 0 Å². The molecule has 0 spiro atoms. The van der Waals surface area contributed by atoms with Crippen molar-refractivity contribution in [2.45, 2.75) is 5.38 Å². The zero-order valence-corrected chi connectivity index (χ0v) is 11.7. The van der Waals surface area contributed by atoms with E-state index in [1.807, 2.05) is 48.5 Å². The number of halogens is 2. The third kappa shape index (κ3) is 2.82. The fraction of sp³-hybridized carbons (Fsp3) is 0.143. The Balaban J connectivity index is 2.34. The van der Waals surface area contributed by atoms with Gasteiger partial charge in [-0.25, -0.2) is 0 Å². The normalized spacial score (nSPS) is 12.2. The van der Waals surface area contributed by atoms with Gasteiger partial charge in [0, 0.05) is 4.47 Å². The van der Waals surface area contributed by atoms with Gasteiger partial charge < -0.3 is 4.74 Å². The van der Waals surface area contributed by atoms with E-state index < -0.39 is 0 Å². The van der Waals surface area contributed by atoms with Crippen molar-refractivity contribution in [3.05, 3.63) is 64.1 Å². The summed E-state index contributed by atoms with van der Waals surface area (Å²) < 4.78 is 6.12. The van der Waals surface area contributed by atoms with Crippen LogP contribution in [0, 0.1) is 0 Å². The smallest absolute Gasteiger partial charge is 0.120 e. The predicted octanol–water partition coefficient (Wildman–Crippen LogP) is 4.79. The van der Waals surface area contributed by atoms with Crippen LogP contribution >= 0.6 is 27.5 Å². The van der Waals surface area contributed by atoms with Crippen LogP contribution in [-0.4, -0.2) is 7.11 Å². The van der Waals surface area contributed by atoms with E-state index in [0.717, 1.165) is 21.3 Å². The molecular weight excluding hydrogens is 300 g/mol. The topological polar surface area (TPSA) is 9.23 Å². The Morgan fingerprint density at radius 3 is 2.41 bits per heavy atom. The molecule has 0 amide bonds. The lowest BCUT2D eigenvalue weighted by Gasteiger charge is -2.13. The zero-order chi connectivity index (χ0) is 12.3. The highest BCUT2D eigenvalue weighted by molar-refractivity contribution is 9.10. The molecule has 0 aromatic heterocycles. The predicted molar refractivity (Wildman–Crippen MR) is 74.8 cm³/mol. The number of methoxy groups -OCH3 is 1. The molecule has 0 aliphatic carbocycles. The molecule has 88 valence electrons. The first-order chi connectivity index (χ1) is 8.22. The van der Waals surface area contributed by atoms with Crippen LogP contribution in [0.4, 0.5) is 0 Å². The fourth-order valence-electron chi connectivity index (χ4n) is 1.64. The van der Waals surface area contributed by atoms with E-state index in [0.29, 0.717) is 0 Å². The van der Waals surface area contributed by atoms with Gasteiger partial charge in [-0.3, -0.25) is 0 Å². The molecule has 2 rings (SSSR count). The standard InChI is InChI=1S/C14H12BrClO/c1-17-11-7-8-12(13(15)9-11)14(16)10-5-3-2-4-6-10/h2-9,14H,1H3. The maximum atomic E-state index is 6.46. The lowest BCUT2D eigenvalue weighted by molar-refractivity contribution is 0.414. The van der Waals surface area contributed by atoms with Crippen molar-refractivity contribution >= 4 is 27.5 Å². The van der Waals surface area contributed by atoms with E-state index >= 15 is 0 Å². The van der Waals surface area contributed by atoms with Crippen LogP contribution in [0.1, 0.15) is 16.5 Å². The summed E-state index contributed by atoms with van der Waals surface area (Å²) in [5, 5.41) is -0.156. The summed E-state index contributed by atoms with van der Waals surface area (Å²) in [5.74, 6) is 0.817. The van der Waals surface area contributed by atoms with Gasteiger partial charge in [-0.05, 0) is 23.3 Å². The largest absolute Gasteiger partial charge is 0.497 e. The Morgan fingerprint density at radius 2 is 1.82 bits per heavy atom. The van der Waals surface area contributed by atoms with Gasteiger partial charge in [0.2, 0.25) is 0 Å². The van der Waals surface area contributed by atoms with E-state index in [4.69, 9.17) is 16.3 Å². The first-order valence-corrected chi connectivity index (χ1v) is 6.48. The fourth-order valence-corrected chi connectivity index (χ4v) is 2.70. The average Bonchev–Trinajstić information content (AvgIpc) is 2.39. The number of hydrogen-bond acceptors (Lipinski definition) is 1. The summed E-state index contributed by atoms with van der Waals surface area (Å²) >= 11 is 9.98. The van der Waals surface area contributed by atoms with Gasteiger partial charge in [-0.1, -0.05) is 52.3 Å². The van der Waals surface area contributed by atoms with Crippen LogP contribution in [-0.2, 0) is 0 Å². The molecule has 0 bridgehead atoms. The minimum Gasteiger partial charge on any atom is -0.497 e. The Kier molecular flexibility index (Phi) is 4.08. The van der Waals surface area contributed by atoms with Crippen LogP contribution in [0.5, 0.6) is 5.75 Å². The van der Waals surface area contributed by atoms with E-state index in [-0.39, 0.29) is 5.38 Å². The Labute approximate surface area is 115 Å². The van der Waals surface area contributed by atoms with Gasteiger partial charge in [-0.15, -0.1) is 11.6 Å². The lowest BCUT2D eigenvalue weighted by Crippen LogP contribution is -1.95. The van der Waals surface area contributed by atoms with Gasteiger partial charge in [0.15, 0.2) is 0 Å². The summed E-state index contributed by atoms with van der Waals surface area (Å²) in [6.45, 7) is 0. The van der Waals surface area contributed by atoms with Crippen LogP contribution in [0.2, 0.25) is 0 Å². The molecule has 1 unspecified atom stereocenters. The van der Waals surface area contributed by atoms with E-state index in [9.17, 15) is 0 Å². The minimum atomic E-state index is -0.156. The van der Waals surface area contributed by atoms with Crippen LogP contribution in [0.3, 0.4) is 0 Å². The van der Waals surface area contributed by atoms with Gasteiger partial charge in [0.1, 0.15) is 5.75 Å². The van der Waals surface area contributed by atoms with Crippen molar-refractivity contribution in [1.82, 2.24) is 0 Å². The van der Waals surface area contributed by atoms with Gasteiger partial charge in [-0.2, -0.15) is 0 Å². The number of rotatable bonds is 3. The van der Waals surface area contributed by atoms with Gasteiger partial charge in [0.05, 0.1) is 12.5 Å². The lowest BCUT2D eigenvalue weighted by atomic mass is 10.0. The highest BCUT2D eigenvalue weighted by Crippen LogP contribution is 2.35. The van der Waals surface area contributed by atoms with E-state index in [2.05, 4.69) is 15.9 Å². The molecule has 0 heterocycles. The molecule has 0 radical (unpaired) electrons. The van der Waals surface area contributed by atoms with Crippen LogP contribution in [0.15, 0.2) is 53.0 Å². The summed E-state index contributed by atoms with van der Waals surface area (Å²) in [6, 6.07) is 15.8. The summed E-state index contributed by atoms with van der Waals surface area (Å²) in [4.78, 5) is 0. The van der Waals surface area contributed by atoms with Crippen LogP contribution in [0.25, 0.3) is 0 Å². The first-order valence-electron chi connectivity index (χ1n) is 5.25. The van der Waals surface area contributed by atoms with Crippen molar-refractivity contribution in [1.29, 1.82) is 0 Å². The minimum absolute atomic E-state index is 0.156. The van der Waals surface area contributed by atoms with Crippen molar-refractivity contribution in [2.75, 3.05) is 7.11 Å². The quantitative estimate of drug-likeness (QED) is 0.741. The molecule has 2 aromatic rings. The van der Waals surface area contributed by atoms with Crippen molar-refractivity contribution in [3.8, 4) is 5.75 Å². The molecule has 0 fully saturated rings. The molecule has 0 saturated heterocycles. The number of benzene rings is 2. The number of hydrogen-bond donors (Lipinski definition) is 0. The SMILES string of the molecule is COc1ccc(C(Cl)c2ccccc2)c(Br)c1.